The highest BCUT2D eigenvalue weighted by molar-refractivity contribution is 5.78. The second-order valence-corrected chi connectivity index (χ2v) is 6.64. The zero-order chi connectivity index (χ0) is 18.4. The van der Waals surface area contributed by atoms with Gasteiger partial charge in [0.1, 0.15) is 5.75 Å². The zero-order valence-electron chi connectivity index (χ0n) is 15.8. The van der Waals surface area contributed by atoms with Crippen LogP contribution in [0.3, 0.4) is 0 Å². The van der Waals surface area contributed by atoms with Gasteiger partial charge < -0.3 is 10.1 Å². The minimum Gasteiger partial charge on any atom is -0.496 e. The number of carbonyl (C=O) groups excluding carboxylic acids is 1. The minimum absolute atomic E-state index is 0.0349. The Kier molecular flexibility index (Phi) is 6.59. The van der Waals surface area contributed by atoms with E-state index in [0.717, 1.165) is 29.0 Å². The van der Waals surface area contributed by atoms with E-state index < -0.39 is 0 Å². The predicted molar refractivity (Wildman–Crippen MR) is 102 cm³/mol. The van der Waals surface area contributed by atoms with Gasteiger partial charge in [-0.25, -0.2) is 0 Å². The van der Waals surface area contributed by atoms with Crippen molar-refractivity contribution in [3.05, 3.63) is 64.2 Å². The summed E-state index contributed by atoms with van der Waals surface area (Å²) in [5, 5.41) is 3.00. The zero-order valence-corrected chi connectivity index (χ0v) is 15.8. The molecular formula is C21H28N2O2. The highest BCUT2D eigenvalue weighted by Gasteiger charge is 2.10. The van der Waals surface area contributed by atoms with Crippen molar-refractivity contribution < 1.29 is 9.53 Å². The average molecular weight is 340 g/mol. The number of nitrogens with zero attached hydrogens (tertiary/aromatic N) is 1. The number of likely N-dealkylation sites (N-methyl/N-ethyl adjacent to an activating group) is 1. The van der Waals surface area contributed by atoms with Crippen molar-refractivity contribution in [1.29, 1.82) is 0 Å². The third-order valence-electron chi connectivity index (χ3n) is 4.33. The number of carbonyl (C=O) groups is 1. The number of nitrogens with one attached hydrogen (secondary N) is 1. The summed E-state index contributed by atoms with van der Waals surface area (Å²) in [6.07, 6.45) is 0. The van der Waals surface area contributed by atoms with Gasteiger partial charge in [-0.3, -0.25) is 9.69 Å². The fourth-order valence-corrected chi connectivity index (χ4v) is 3.12. The van der Waals surface area contributed by atoms with Crippen molar-refractivity contribution in [3.8, 4) is 5.75 Å². The standard InChI is InChI=1S/C21H28N2O2/c1-15-8-6-7-9-19(15)12-22-20(24)14-23(4)13-18-10-16(2)21(25-5)17(3)11-18/h6-11H,12-14H2,1-5H3,(H,22,24). The maximum atomic E-state index is 12.2. The van der Waals surface area contributed by atoms with Crippen LogP contribution in [0.4, 0.5) is 0 Å². The van der Waals surface area contributed by atoms with E-state index in [4.69, 9.17) is 4.74 Å². The van der Waals surface area contributed by atoms with Gasteiger partial charge in [0, 0.05) is 13.1 Å². The first-order chi connectivity index (χ1) is 11.9. The van der Waals surface area contributed by atoms with Gasteiger partial charge in [0.25, 0.3) is 0 Å². The second kappa shape index (κ2) is 8.67. The van der Waals surface area contributed by atoms with E-state index in [9.17, 15) is 4.79 Å². The van der Waals surface area contributed by atoms with Gasteiger partial charge in [-0.15, -0.1) is 0 Å². The van der Waals surface area contributed by atoms with Crippen LogP contribution in [0.1, 0.15) is 27.8 Å². The lowest BCUT2D eigenvalue weighted by Crippen LogP contribution is -2.34. The van der Waals surface area contributed by atoms with Crippen molar-refractivity contribution >= 4 is 5.91 Å². The Labute approximate surface area is 150 Å². The number of amides is 1. The van der Waals surface area contributed by atoms with Crippen LogP contribution in [-0.2, 0) is 17.9 Å². The molecule has 2 aromatic carbocycles. The van der Waals surface area contributed by atoms with Crippen LogP contribution in [0.2, 0.25) is 0 Å². The van der Waals surface area contributed by atoms with E-state index in [2.05, 4.69) is 30.4 Å². The molecule has 0 radical (unpaired) electrons. The summed E-state index contributed by atoms with van der Waals surface area (Å²) < 4.78 is 5.41. The number of benzene rings is 2. The maximum Gasteiger partial charge on any atom is 0.234 e. The molecule has 0 saturated carbocycles. The monoisotopic (exact) mass is 340 g/mol. The minimum atomic E-state index is 0.0349. The Hall–Kier alpha value is -2.33. The Bertz CT molecular complexity index is 717. The Morgan fingerprint density at radius 1 is 1.08 bits per heavy atom. The summed E-state index contributed by atoms with van der Waals surface area (Å²) in [5.74, 6) is 0.968. The molecule has 4 nitrogen and oxygen atoms in total. The fraction of sp³-hybridized carbons (Fsp3) is 0.381. The van der Waals surface area contributed by atoms with E-state index in [1.54, 1.807) is 7.11 Å². The maximum absolute atomic E-state index is 12.2. The van der Waals surface area contributed by atoms with Gasteiger partial charge in [0.15, 0.2) is 0 Å². The number of ether oxygens (including phenoxy) is 1. The van der Waals surface area contributed by atoms with Crippen LogP contribution < -0.4 is 10.1 Å². The predicted octanol–water partition coefficient (Wildman–Crippen LogP) is 3.37. The van der Waals surface area contributed by atoms with Crippen LogP contribution in [0.15, 0.2) is 36.4 Å². The molecule has 0 aliphatic rings. The van der Waals surface area contributed by atoms with Gasteiger partial charge in [-0.2, -0.15) is 0 Å². The van der Waals surface area contributed by atoms with Crippen LogP contribution in [0, 0.1) is 20.8 Å². The molecule has 0 aromatic heterocycles. The molecule has 0 unspecified atom stereocenters. The molecular weight excluding hydrogens is 312 g/mol. The van der Waals surface area contributed by atoms with Crippen LogP contribution in [0.25, 0.3) is 0 Å². The van der Waals surface area contributed by atoms with E-state index in [1.165, 1.54) is 11.1 Å². The van der Waals surface area contributed by atoms with Gasteiger partial charge in [0.2, 0.25) is 5.91 Å². The van der Waals surface area contributed by atoms with E-state index in [0.29, 0.717) is 13.1 Å². The third kappa shape index (κ3) is 5.33. The molecule has 1 N–H and O–H groups in total. The summed E-state index contributed by atoms with van der Waals surface area (Å²) in [7, 11) is 3.65. The highest BCUT2D eigenvalue weighted by atomic mass is 16.5. The van der Waals surface area contributed by atoms with Gasteiger partial charge in [-0.05, 0) is 55.6 Å². The molecule has 2 aromatic rings. The number of hydrogen-bond donors (Lipinski definition) is 1. The van der Waals surface area contributed by atoms with Crippen LogP contribution in [0.5, 0.6) is 5.75 Å². The van der Waals surface area contributed by atoms with Crippen molar-refractivity contribution in [2.24, 2.45) is 0 Å². The molecule has 0 aliphatic carbocycles. The molecule has 0 aliphatic heterocycles. The first kappa shape index (κ1) is 19.0. The topological polar surface area (TPSA) is 41.6 Å². The number of rotatable bonds is 7. The van der Waals surface area contributed by atoms with Gasteiger partial charge in [0.05, 0.1) is 13.7 Å². The third-order valence-corrected chi connectivity index (χ3v) is 4.33. The largest absolute Gasteiger partial charge is 0.496 e. The Morgan fingerprint density at radius 3 is 2.32 bits per heavy atom. The Balaban J connectivity index is 1.88. The van der Waals surface area contributed by atoms with E-state index in [-0.39, 0.29) is 5.91 Å². The Morgan fingerprint density at radius 2 is 1.72 bits per heavy atom. The highest BCUT2D eigenvalue weighted by Crippen LogP contribution is 2.24. The average Bonchev–Trinajstić information content (AvgIpc) is 2.53. The van der Waals surface area contributed by atoms with Crippen LogP contribution >= 0.6 is 0 Å². The summed E-state index contributed by atoms with van der Waals surface area (Å²) in [6.45, 7) is 7.82. The quantitative estimate of drug-likeness (QED) is 0.840. The van der Waals surface area contributed by atoms with Crippen molar-refractivity contribution in [2.75, 3.05) is 20.7 Å². The second-order valence-electron chi connectivity index (χ2n) is 6.64. The molecule has 0 bridgehead atoms. The molecule has 0 spiro atoms. The molecule has 0 heterocycles. The molecule has 2 rings (SSSR count). The molecule has 0 atom stereocenters. The smallest absolute Gasteiger partial charge is 0.234 e. The summed E-state index contributed by atoms with van der Waals surface area (Å²) in [6, 6.07) is 12.3. The SMILES string of the molecule is COc1c(C)cc(CN(C)CC(=O)NCc2ccccc2C)cc1C. The first-order valence-electron chi connectivity index (χ1n) is 8.54. The van der Waals surface area contributed by atoms with Crippen molar-refractivity contribution in [1.82, 2.24) is 10.2 Å². The molecule has 0 fully saturated rings. The number of methoxy groups -OCH3 is 1. The van der Waals surface area contributed by atoms with E-state index >= 15 is 0 Å². The van der Waals surface area contributed by atoms with Crippen molar-refractivity contribution in [3.63, 3.8) is 0 Å². The lowest BCUT2D eigenvalue weighted by Gasteiger charge is -2.18. The van der Waals surface area contributed by atoms with Gasteiger partial charge >= 0.3 is 0 Å². The fourth-order valence-electron chi connectivity index (χ4n) is 3.12. The lowest BCUT2D eigenvalue weighted by molar-refractivity contribution is -0.122. The van der Waals surface area contributed by atoms with Gasteiger partial charge in [-0.1, -0.05) is 36.4 Å². The molecule has 0 saturated heterocycles. The number of hydrogen-bond acceptors (Lipinski definition) is 3. The molecule has 25 heavy (non-hydrogen) atoms. The first-order valence-corrected chi connectivity index (χ1v) is 8.54. The lowest BCUT2D eigenvalue weighted by atomic mass is 10.1. The molecule has 1 amide bonds. The van der Waals surface area contributed by atoms with Crippen LogP contribution in [-0.4, -0.2) is 31.5 Å². The van der Waals surface area contributed by atoms with E-state index in [1.807, 2.05) is 44.0 Å². The number of aryl methyl sites for hydroxylation is 3. The summed E-state index contributed by atoms with van der Waals surface area (Å²) in [4.78, 5) is 14.2. The normalized spacial score (nSPS) is 10.8. The summed E-state index contributed by atoms with van der Waals surface area (Å²) >= 11 is 0. The summed E-state index contributed by atoms with van der Waals surface area (Å²) in [5.41, 5.74) is 5.77. The molecule has 134 valence electrons. The molecule has 4 heteroatoms. The van der Waals surface area contributed by atoms with Crippen molar-refractivity contribution in [2.45, 2.75) is 33.9 Å².